The molecule has 4 rings (SSSR count). The molecule has 0 aliphatic heterocycles. The lowest BCUT2D eigenvalue weighted by atomic mass is 9.97. The first-order chi connectivity index (χ1) is 14.5. The van der Waals surface area contributed by atoms with Gasteiger partial charge in [-0.05, 0) is 53.6 Å². The van der Waals surface area contributed by atoms with Crippen LogP contribution in [0.4, 0.5) is 0 Å². The first-order valence-corrected chi connectivity index (χ1v) is 9.60. The molecule has 4 aromatic rings. The smallest absolute Gasteiger partial charge is 0.274 e. The second kappa shape index (κ2) is 8.21. The Balaban J connectivity index is 1.71. The number of carbonyl (C=O) groups is 1. The topological polar surface area (TPSA) is 85.2 Å². The van der Waals surface area contributed by atoms with E-state index in [2.05, 4.69) is 4.98 Å². The molecule has 0 aliphatic rings. The number of aromatic amines is 1. The molecular weight excluding hydrogens is 380 g/mol. The summed E-state index contributed by atoms with van der Waals surface area (Å²) in [7, 11) is 0. The molecule has 0 saturated heterocycles. The monoisotopic (exact) mass is 400 g/mol. The molecule has 0 fully saturated rings. The third-order valence-electron chi connectivity index (χ3n) is 5.06. The fraction of sp³-hybridized carbons (Fsp3) is 0.125. The highest BCUT2D eigenvalue weighted by molar-refractivity contribution is 5.92. The summed E-state index contributed by atoms with van der Waals surface area (Å²) in [4.78, 5) is 26.1. The molecule has 150 valence electrons. The van der Waals surface area contributed by atoms with Gasteiger partial charge in [-0.15, -0.1) is 0 Å². The lowest BCUT2D eigenvalue weighted by Crippen LogP contribution is -2.29. The van der Waals surface area contributed by atoms with Crippen molar-refractivity contribution in [3.05, 3.63) is 94.5 Å². The number of H-pyrrole nitrogens is 1. The van der Waals surface area contributed by atoms with Gasteiger partial charge in [0, 0.05) is 28.4 Å². The van der Waals surface area contributed by atoms with Crippen LogP contribution in [0.15, 0.2) is 78.9 Å². The Kier molecular flexibility index (Phi) is 5.30. The predicted octanol–water partition coefficient (Wildman–Crippen LogP) is 5.40. The summed E-state index contributed by atoms with van der Waals surface area (Å²) in [6.07, 6.45) is 0.0317. The molecule has 0 spiro atoms. The van der Waals surface area contributed by atoms with E-state index >= 15 is 0 Å². The van der Waals surface area contributed by atoms with E-state index in [4.69, 9.17) is 4.74 Å². The van der Waals surface area contributed by atoms with Crippen molar-refractivity contribution in [3.63, 3.8) is 0 Å². The number of aromatic nitrogens is 1. The van der Waals surface area contributed by atoms with Gasteiger partial charge in [0.15, 0.2) is 0 Å². The van der Waals surface area contributed by atoms with Crippen LogP contribution in [-0.2, 0) is 11.2 Å². The predicted molar refractivity (Wildman–Crippen MR) is 115 cm³/mol. The lowest BCUT2D eigenvalue weighted by Gasteiger charge is -2.10. The molecule has 0 radical (unpaired) electrons. The molecule has 30 heavy (non-hydrogen) atoms. The number of nitro groups is 1. The minimum Gasteiger partial charge on any atom is -0.457 e. The normalized spacial score (nSPS) is 11.9. The van der Waals surface area contributed by atoms with Crippen molar-refractivity contribution in [2.45, 2.75) is 19.4 Å². The number of benzene rings is 3. The number of carbonyl (C=O) groups excluding carboxylic acids is 1. The van der Waals surface area contributed by atoms with Gasteiger partial charge in [0.25, 0.3) is 6.04 Å². The van der Waals surface area contributed by atoms with Crippen LogP contribution >= 0.6 is 0 Å². The Hall–Kier alpha value is -3.93. The third kappa shape index (κ3) is 3.93. The number of ether oxygens (including phenoxy) is 1. The Morgan fingerprint density at radius 1 is 0.967 bits per heavy atom. The van der Waals surface area contributed by atoms with Crippen molar-refractivity contribution in [2.24, 2.45) is 0 Å². The van der Waals surface area contributed by atoms with Crippen LogP contribution in [0.25, 0.3) is 22.2 Å². The SMILES string of the molecule is CC(=O)C(Cc1c(-c2ccc(Oc3ccccc3)cc2)[nH]c2ccccc12)[N+](=O)[O-]. The number of nitrogens with one attached hydrogen (secondary N) is 1. The van der Waals surface area contributed by atoms with Crippen LogP contribution in [0.2, 0.25) is 0 Å². The standard InChI is InChI=1S/C24H20N2O4/c1-16(27)23(26(28)29)15-21-20-9-5-6-10-22(20)25-24(21)17-11-13-19(14-12-17)30-18-7-3-2-4-8-18/h2-14,23,25H,15H2,1H3. The third-order valence-corrected chi connectivity index (χ3v) is 5.06. The number of ketones is 1. The van der Waals surface area contributed by atoms with Gasteiger partial charge >= 0.3 is 0 Å². The number of fused-ring (bicyclic) bond motifs is 1. The summed E-state index contributed by atoms with van der Waals surface area (Å²) in [6.45, 7) is 1.26. The van der Waals surface area contributed by atoms with E-state index in [1.165, 1.54) is 6.92 Å². The molecular formula is C24H20N2O4. The largest absolute Gasteiger partial charge is 0.457 e. The summed E-state index contributed by atoms with van der Waals surface area (Å²) < 4.78 is 5.84. The number of Topliss-reactive ketones (excluding diaryl/α,β-unsaturated/α-hetero) is 1. The van der Waals surface area contributed by atoms with Crippen LogP contribution < -0.4 is 4.74 Å². The summed E-state index contributed by atoms with van der Waals surface area (Å²) in [6, 6.07) is 23.3. The van der Waals surface area contributed by atoms with Crippen molar-refractivity contribution >= 4 is 16.7 Å². The maximum atomic E-state index is 11.8. The van der Waals surface area contributed by atoms with E-state index in [0.717, 1.165) is 33.5 Å². The van der Waals surface area contributed by atoms with Crippen LogP contribution in [0.3, 0.4) is 0 Å². The highest BCUT2D eigenvalue weighted by Crippen LogP contribution is 2.33. The Morgan fingerprint density at radius 3 is 2.27 bits per heavy atom. The minimum absolute atomic E-state index is 0.0317. The van der Waals surface area contributed by atoms with E-state index in [1.807, 2.05) is 78.9 Å². The molecule has 1 aromatic heterocycles. The highest BCUT2D eigenvalue weighted by Gasteiger charge is 2.29. The fourth-order valence-corrected chi connectivity index (χ4v) is 3.53. The van der Waals surface area contributed by atoms with Crippen LogP contribution in [0, 0.1) is 10.1 Å². The zero-order valence-electron chi connectivity index (χ0n) is 16.4. The average Bonchev–Trinajstić information content (AvgIpc) is 3.11. The first kappa shape index (κ1) is 19.4. The first-order valence-electron chi connectivity index (χ1n) is 9.60. The molecule has 6 heteroatoms. The summed E-state index contributed by atoms with van der Waals surface area (Å²) in [5, 5.41) is 12.3. The van der Waals surface area contributed by atoms with Gasteiger partial charge in [-0.1, -0.05) is 36.4 Å². The van der Waals surface area contributed by atoms with Gasteiger partial charge in [-0.25, -0.2) is 0 Å². The minimum atomic E-state index is -1.27. The molecule has 0 amide bonds. The van der Waals surface area contributed by atoms with Gasteiger partial charge in [-0.2, -0.15) is 0 Å². The van der Waals surface area contributed by atoms with Crippen LogP contribution in [0.5, 0.6) is 11.5 Å². The van der Waals surface area contributed by atoms with Crippen molar-refractivity contribution in [1.82, 2.24) is 4.98 Å². The molecule has 3 aromatic carbocycles. The van der Waals surface area contributed by atoms with Crippen LogP contribution in [0.1, 0.15) is 12.5 Å². The van der Waals surface area contributed by atoms with Crippen LogP contribution in [-0.4, -0.2) is 21.7 Å². The van der Waals surface area contributed by atoms with Crippen molar-refractivity contribution in [3.8, 4) is 22.8 Å². The maximum absolute atomic E-state index is 11.8. The Labute approximate surface area is 173 Å². The average molecular weight is 400 g/mol. The maximum Gasteiger partial charge on any atom is 0.274 e. The summed E-state index contributed by atoms with van der Waals surface area (Å²) >= 11 is 0. The second-order valence-electron chi connectivity index (χ2n) is 7.08. The zero-order valence-corrected chi connectivity index (χ0v) is 16.4. The van der Waals surface area contributed by atoms with E-state index in [-0.39, 0.29) is 6.42 Å². The molecule has 1 heterocycles. The van der Waals surface area contributed by atoms with Crippen molar-refractivity contribution in [2.75, 3.05) is 0 Å². The van der Waals surface area contributed by atoms with Crippen molar-refractivity contribution < 1.29 is 14.5 Å². The quantitative estimate of drug-likeness (QED) is 0.332. The second-order valence-corrected chi connectivity index (χ2v) is 7.08. The van der Waals surface area contributed by atoms with E-state index in [9.17, 15) is 14.9 Å². The number of rotatable bonds is 7. The highest BCUT2D eigenvalue weighted by atomic mass is 16.6. The van der Waals surface area contributed by atoms with E-state index < -0.39 is 16.7 Å². The molecule has 1 N–H and O–H groups in total. The van der Waals surface area contributed by atoms with Gasteiger partial charge < -0.3 is 9.72 Å². The molecule has 0 aliphatic carbocycles. The van der Waals surface area contributed by atoms with E-state index in [0.29, 0.717) is 5.75 Å². The Bertz CT molecular complexity index is 1180. The molecule has 6 nitrogen and oxygen atoms in total. The summed E-state index contributed by atoms with van der Waals surface area (Å²) in [5.41, 5.74) is 3.28. The lowest BCUT2D eigenvalue weighted by molar-refractivity contribution is -0.506. The van der Waals surface area contributed by atoms with Gasteiger partial charge in [0.05, 0.1) is 6.42 Å². The Morgan fingerprint density at radius 2 is 1.60 bits per heavy atom. The van der Waals surface area contributed by atoms with E-state index in [1.54, 1.807) is 0 Å². The zero-order chi connectivity index (χ0) is 21.1. The fourth-order valence-electron chi connectivity index (χ4n) is 3.53. The molecule has 1 atom stereocenters. The number of hydrogen-bond acceptors (Lipinski definition) is 4. The van der Waals surface area contributed by atoms with Gasteiger partial charge in [-0.3, -0.25) is 14.9 Å². The summed E-state index contributed by atoms with van der Waals surface area (Å²) in [5.74, 6) is 0.976. The van der Waals surface area contributed by atoms with Gasteiger partial charge in [0.2, 0.25) is 5.78 Å². The number of para-hydroxylation sites is 2. The molecule has 1 unspecified atom stereocenters. The number of hydrogen-bond donors (Lipinski definition) is 1. The van der Waals surface area contributed by atoms with Gasteiger partial charge in [0.1, 0.15) is 11.5 Å². The van der Waals surface area contributed by atoms with Crippen molar-refractivity contribution in [1.29, 1.82) is 0 Å². The number of nitrogens with zero attached hydrogens (tertiary/aromatic N) is 1. The molecule has 0 bridgehead atoms. The molecule has 0 saturated carbocycles.